The minimum atomic E-state index is -0.390. The largest absolute Gasteiger partial charge is 0.325 e. The maximum absolute atomic E-state index is 13.2. The molecule has 3 aromatic rings. The molecule has 1 heterocycles. The molecule has 4 nitrogen and oxygen atoms in total. The lowest BCUT2D eigenvalue weighted by Gasteiger charge is -2.11. The van der Waals surface area contributed by atoms with Crippen LogP contribution in [0.4, 0.5) is 20.0 Å². The molecule has 2 N–H and O–H groups in total. The molecule has 0 atom stereocenters. The van der Waals surface area contributed by atoms with Crippen LogP contribution in [0, 0.1) is 5.82 Å². The number of hydrogen-bond donors (Lipinski definition) is 2. The van der Waals surface area contributed by atoms with Crippen LogP contribution < -0.4 is 10.6 Å². The number of thiazole rings is 1. The number of amides is 2. The summed E-state index contributed by atoms with van der Waals surface area (Å²) in [6.07, 6.45) is 1.61. The predicted octanol–water partition coefficient (Wildman–Crippen LogP) is 5.73. The molecule has 24 heavy (non-hydrogen) atoms. The third kappa shape index (κ3) is 4.25. The molecule has 0 bridgehead atoms. The molecule has 3 rings (SSSR count). The second-order valence-corrected chi connectivity index (χ2v) is 6.97. The van der Waals surface area contributed by atoms with Crippen LogP contribution in [-0.2, 0) is 0 Å². The lowest BCUT2D eigenvalue weighted by molar-refractivity contribution is 0.262. The van der Waals surface area contributed by atoms with Crippen LogP contribution >= 0.6 is 34.7 Å². The topological polar surface area (TPSA) is 54.0 Å². The molecule has 8 heteroatoms. The fourth-order valence-electron chi connectivity index (χ4n) is 1.87. The van der Waals surface area contributed by atoms with Gasteiger partial charge in [-0.15, -0.1) is 11.3 Å². The number of hydrogen-bond acceptors (Lipinski definition) is 4. The Labute approximate surface area is 151 Å². The highest BCUT2D eigenvalue weighted by atomic mass is 35.5. The molecule has 122 valence electrons. The van der Waals surface area contributed by atoms with Gasteiger partial charge in [-0.25, -0.2) is 14.2 Å². The van der Waals surface area contributed by atoms with Crippen molar-refractivity contribution >= 4 is 51.5 Å². The van der Waals surface area contributed by atoms with Gasteiger partial charge in [0, 0.05) is 21.4 Å². The number of para-hydroxylation sites is 1. The number of nitrogens with one attached hydrogen (secondary N) is 2. The van der Waals surface area contributed by atoms with Gasteiger partial charge in [-0.05, 0) is 30.3 Å². The number of carbonyl (C=O) groups is 1. The smallest absolute Gasteiger partial charge is 0.307 e. The van der Waals surface area contributed by atoms with E-state index in [-0.39, 0.29) is 6.03 Å². The quantitative estimate of drug-likeness (QED) is 0.608. The van der Waals surface area contributed by atoms with E-state index in [0.717, 1.165) is 4.90 Å². The van der Waals surface area contributed by atoms with Crippen molar-refractivity contribution in [2.24, 2.45) is 0 Å². The van der Waals surface area contributed by atoms with E-state index >= 15 is 0 Å². The number of halogens is 2. The molecule has 2 aromatic carbocycles. The first-order valence-corrected chi connectivity index (χ1v) is 8.88. The van der Waals surface area contributed by atoms with Gasteiger partial charge < -0.3 is 5.32 Å². The van der Waals surface area contributed by atoms with E-state index < -0.39 is 5.82 Å². The number of rotatable bonds is 4. The Morgan fingerprint density at radius 3 is 2.75 bits per heavy atom. The van der Waals surface area contributed by atoms with E-state index in [9.17, 15) is 9.18 Å². The maximum Gasteiger partial charge on any atom is 0.325 e. The van der Waals surface area contributed by atoms with Crippen molar-refractivity contribution in [3.63, 3.8) is 0 Å². The Balaban J connectivity index is 1.76. The SMILES string of the molecule is O=C(Nc1nccs1)Nc1ccccc1Sc1ccc(F)cc1Cl. The normalized spacial score (nSPS) is 10.4. The highest BCUT2D eigenvalue weighted by Gasteiger charge is 2.11. The Bertz CT molecular complexity index is 858. The number of urea groups is 1. The number of anilines is 2. The van der Waals surface area contributed by atoms with E-state index in [1.165, 1.54) is 35.2 Å². The van der Waals surface area contributed by atoms with Crippen LogP contribution in [-0.4, -0.2) is 11.0 Å². The Morgan fingerprint density at radius 1 is 1.17 bits per heavy atom. The molecule has 1 aromatic heterocycles. The summed E-state index contributed by atoms with van der Waals surface area (Å²) in [5.41, 5.74) is 0.622. The minimum Gasteiger partial charge on any atom is -0.307 e. The van der Waals surface area contributed by atoms with Gasteiger partial charge >= 0.3 is 6.03 Å². The number of carbonyl (C=O) groups excluding carboxylic acids is 1. The van der Waals surface area contributed by atoms with Gasteiger partial charge in [0.2, 0.25) is 0 Å². The van der Waals surface area contributed by atoms with Crippen molar-refractivity contribution in [3.05, 3.63) is 64.9 Å². The zero-order chi connectivity index (χ0) is 16.9. The molecule has 0 aliphatic heterocycles. The van der Waals surface area contributed by atoms with Crippen LogP contribution in [0.1, 0.15) is 0 Å². The molecule has 0 aliphatic carbocycles. The van der Waals surface area contributed by atoms with Crippen molar-refractivity contribution in [3.8, 4) is 0 Å². The Hall–Kier alpha value is -2.09. The lowest BCUT2D eigenvalue weighted by atomic mass is 10.3. The summed E-state index contributed by atoms with van der Waals surface area (Å²) < 4.78 is 13.2. The Morgan fingerprint density at radius 2 is 2.00 bits per heavy atom. The third-order valence-electron chi connectivity index (χ3n) is 2.90. The van der Waals surface area contributed by atoms with Crippen molar-refractivity contribution in [1.29, 1.82) is 0 Å². The first-order valence-electron chi connectivity index (χ1n) is 6.81. The highest BCUT2D eigenvalue weighted by molar-refractivity contribution is 7.99. The predicted molar refractivity (Wildman–Crippen MR) is 96.7 cm³/mol. The molecule has 0 fully saturated rings. The number of nitrogens with zero attached hydrogens (tertiary/aromatic N) is 1. The average Bonchev–Trinajstić information content (AvgIpc) is 3.04. The second-order valence-electron chi connectivity index (χ2n) is 4.59. The summed E-state index contributed by atoms with van der Waals surface area (Å²) in [5, 5.41) is 8.04. The minimum absolute atomic E-state index is 0.321. The van der Waals surface area contributed by atoms with E-state index in [2.05, 4.69) is 15.6 Å². The van der Waals surface area contributed by atoms with Crippen LogP contribution in [0.15, 0.2) is 63.8 Å². The van der Waals surface area contributed by atoms with E-state index in [1.54, 1.807) is 23.7 Å². The first kappa shape index (κ1) is 16.8. The van der Waals surface area contributed by atoms with Gasteiger partial charge in [0.25, 0.3) is 0 Å². The summed E-state index contributed by atoms with van der Waals surface area (Å²) in [6.45, 7) is 0. The average molecular weight is 380 g/mol. The molecular weight excluding hydrogens is 369 g/mol. The fourth-order valence-corrected chi connectivity index (χ4v) is 3.58. The summed E-state index contributed by atoms with van der Waals surface area (Å²) in [5.74, 6) is -0.390. The Kier molecular flexibility index (Phi) is 5.34. The van der Waals surface area contributed by atoms with E-state index in [1.807, 2.05) is 18.2 Å². The summed E-state index contributed by atoms with van der Waals surface area (Å²) in [4.78, 5) is 17.5. The van der Waals surface area contributed by atoms with Crippen molar-refractivity contribution in [2.75, 3.05) is 10.6 Å². The zero-order valence-electron chi connectivity index (χ0n) is 12.1. The summed E-state index contributed by atoms with van der Waals surface area (Å²) in [7, 11) is 0. The number of aromatic nitrogens is 1. The van der Waals surface area contributed by atoms with E-state index in [0.29, 0.717) is 20.7 Å². The zero-order valence-corrected chi connectivity index (χ0v) is 14.5. The molecule has 0 unspecified atom stereocenters. The van der Waals surface area contributed by atoms with Crippen molar-refractivity contribution < 1.29 is 9.18 Å². The van der Waals surface area contributed by atoms with Gasteiger partial charge in [-0.1, -0.05) is 35.5 Å². The van der Waals surface area contributed by atoms with Gasteiger partial charge in [-0.2, -0.15) is 0 Å². The molecule has 2 amide bonds. The van der Waals surface area contributed by atoms with Crippen molar-refractivity contribution in [2.45, 2.75) is 9.79 Å². The highest BCUT2D eigenvalue weighted by Crippen LogP contribution is 2.37. The number of benzene rings is 2. The molecular formula is C16H11ClFN3OS2. The van der Waals surface area contributed by atoms with Gasteiger partial charge in [0.05, 0.1) is 10.7 Å². The summed E-state index contributed by atoms with van der Waals surface area (Å²) in [6, 6.07) is 11.1. The van der Waals surface area contributed by atoms with Crippen LogP contribution in [0.25, 0.3) is 0 Å². The second kappa shape index (κ2) is 7.65. The van der Waals surface area contributed by atoms with Crippen molar-refractivity contribution in [1.82, 2.24) is 4.98 Å². The monoisotopic (exact) mass is 379 g/mol. The maximum atomic E-state index is 13.2. The summed E-state index contributed by atoms with van der Waals surface area (Å²) >= 11 is 8.74. The molecule has 0 aliphatic rings. The van der Waals surface area contributed by atoms with Crippen LogP contribution in [0.2, 0.25) is 5.02 Å². The first-order chi connectivity index (χ1) is 11.6. The van der Waals surface area contributed by atoms with Gasteiger partial charge in [-0.3, -0.25) is 5.32 Å². The molecule has 0 saturated heterocycles. The molecule has 0 radical (unpaired) electrons. The van der Waals surface area contributed by atoms with E-state index in [4.69, 9.17) is 11.6 Å². The van der Waals surface area contributed by atoms with Crippen LogP contribution in [0.5, 0.6) is 0 Å². The third-order valence-corrected chi connectivity index (χ3v) is 5.17. The van der Waals surface area contributed by atoms with Gasteiger partial charge in [0.15, 0.2) is 5.13 Å². The molecule has 0 spiro atoms. The molecule has 0 saturated carbocycles. The van der Waals surface area contributed by atoms with Gasteiger partial charge in [0.1, 0.15) is 5.82 Å². The van der Waals surface area contributed by atoms with Crippen LogP contribution in [0.3, 0.4) is 0 Å². The standard InChI is InChI=1S/C16H11ClFN3OS2/c17-11-9-10(18)5-6-13(11)24-14-4-2-1-3-12(14)20-15(22)21-16-19-7-8-23-16/h1-9H,(H2,19,20,21,22). The lowest BCUT2D eigenvalue weighted by Crippen LogP contribution is -2.19. The fraction of sp³-hybridized carbons (Fsp3) is 0.